The van der Waals surface area contributed by atoms with Gasteiger partial charge >= 0.3 is 6.18 Å². The highest BCUT2D eigenvalue weighted by Gasteiger charge is 2.30. The predicted octanol–water partition coefficient (Wildman–Crippen LogP) is 2.81. The van der Waals surface area contributed by atoms with E-state index in [0.717, 1.165) is 32.6 Å². The normalized spacial score (nSPS) is 22.9. The molecule has 0 bridgehead atoms. The molecule has 1 N–H and O–H groups in total. The van der Waals surface area contributed by atoms with Crippen molar-refractivity contribution in [3.63, 3.8) is 0 Å². The van der Waals surface area contributed by atoms with Gasteiger partial charge in [-0.3, -0.25) is 4.90 Å². The minimum atomic E-state index is -4.06. The number of hydrogen-bond donors (Lipinski definition) is 1. The smallest absolute Gasteiger partial charge is 0.374 e. The summed E-state index contributed by atoms with van der Waals surface area (Å²) in [7, 11) is 0. The molecule has 3 nitrogen and oxygen atoms in total. The van der Waals surface area contributed by atoms with Crippen molar-refractivity contribution in [2.24, 2.45) is 0 Å². The van der Waals surface area contributed by atoms with Crippen molar-refractivity contribution in [2.45, 2.75) is 57.9 Å². The van der Waals surface area contributed by atoms with E-state index < -0.39 is 12.6 Å². The summed E-state index contributed by atoms with van der Waals surface area (Å²) in [5.41, 5.74) is 0. The average Bonchev–Trinajstić information content (AvgIpc) is 2.37. The molecule has 6 heteroatoms. The van der Waals surface area contributed by atoms with Crippen molar-refractivity contribution in [1.29, 1.82) is 0 Å². The van der Waals surface area contributed by atoms with E-state index in [4.69, 9.17) is 4.74 Å². The van der Waals surface area contributed by atoms with Crippen LogP contribution in [0.15, 0.2) is 0 Å². The summed E-state index contributed by atoms with van der Waals surface area (Å²) < 4.78 is 42.5. The summed E-state index contributed by atoms with van der Waals surface area (Å²) in [6, 6.07) is 0.0157. The largest absolute Gasteiger partial charge is 0.389 e. The van der Waals surface area contributed by atoms with Gasteiger partial charge < -0.3 is 10.1 Å². The van der Waals surface area contributed by atoms with Crippen molar-refractivity contribution < 1.29 is 17.9 Å². The molecule has 1 aliphatic rings. The lowest BCUT2D eigenvalue weighted by Crippen LogP contribution is -2.52. The second-order valence-corrected chi connectivity index (χ2v) is 5.38. The number of halogens is 3. The van der Waals surface area contributed by atoms with Crippen molar-refractivity contribution >= 4 is 0 Å². The molecule has 1 saturated heterocycles. The lowest BCUT2D eigenvalue weighted by Gasteiger charge is -2.37. The van der Waals surface area contributed by atoms with Gasteiger partial charge in [0.15, 0.2) is 0 Å². The molecule has 1 fully saturated rings. The van der Waals surface area contributed by atoms with Gasteiger partial charge in [-0.15, -0.1) is 0 Å². The van der Waals surface area contributed by atoms with Crippen molar-refractivity contribution in [1.82, 2.24) is 10.2 Å². The summed E-state index contributed by atoms with van der Waals surface area (Å²) in [5, 5.41) is 3.28. The van der Waals surface area contributed by atoms with Crippen molar-refractivity contribution in [3.8, 4) is 0 Å². The Balaban J connectivity index is 2.43. The van der Waals surface area contributed by atoms with Gasteiger partial charge in [0, 0.05) is 25.6 Å². The van der Waals surface area contributed by atoms with Crippen molar-refractivity contribution in [3.05, 3.63) is 0 Å². The predicted molar refractivity (Wildman–Crippen MR) is 73.8 cm³/mol. The molecular formula is C14H27F3N2O. The van der Waals surface area contributed by atoms with E-state index in [9.17, 15) is 13.2 Å². The monoisotopic (exact) mass is 296 g/mol. The first-order valence-electron chi connectivity index (χ1n) is 7.60. The lowest BCUT2D eigenvalue weighted by molar-refractivity contribution is -0.136. The van der Waals surface area contributed by atoms with Crippen LogP contribution in [0.4, 0.5) is 13.2 Å². The first-order chi connectivity index (χ1) is 9.46. The third-order valence-electron chi connectivity index (χ3n) is 3.61. The topological polar surface area (TPSA) is 24.5 Å². The van der Waals surface area contributed by atoms with Crippen LogP contribution in [-0.2, 0) is 4.74 Å². The summed E-state index contributed by atoms with van der Waals surface area (Å²) in [6.07, 6.45) is -3.00. The maximum atomic E-state index is 12.2. The van der Waals surface area contributed by atoms with E-state index in [1.54, 1.807) is 0 Å². The summed E-state index contributed by atoms with van der Waals surface area (Å²) in [6.45, 7) is 8.31. The van der Waals surface area contributed by atoms with E-state index in [-0.39, 0.29) is 18.6 Å². The van der Waals surface area contributed by atoms with Crippen LogP contribution in [0.2, 0.25) is 0 Å². The molecule has 2 unspecified atom stereocenters. The molecule has 0 aromatic rings. The Morgan fingerprint density at radius 2 is 2.10 bits per heavy atom. The molecule has 0 radical (unpaired) electrons. The molecule has 0 aromatic heterocycles. The molecule has 0 amide bonds. The number of ether oxygens (including phenoxy) is 1. The second-order valence-electron chi connectivity index (χ2n) is 5.38. The fourth-order valence-corrected chi connectivity index (χ4v) is 2.70. The van der Waals surface area contributed by atoms with Crippen LogP contribution in [0.1, 0.15) is 39.5 Å². The lowest BCUT2D eigenvalue weighted by atomic mass is 10.0. The number of nitrogens with one attached hydrogen (secondary N) is 1. The van der Waals surface area contributed by atoms with Gasteiger partial charge in [0.1, 0.15) is 0 Å². The molecular weight excluding hydrogens is 269 g/mol. The van der Waals surface area contributed by atoms with Gasteiger partial charge in [0.05, 0.1) is 12.7 Å². The number of nitrogens with zero attached hydrogens (tertiary/aromatic N) is 1. The van der Waals surface area contributed by atoms with Gasteiger partial charge in [-0.25, -0.2) is 0 Å². The fraction of sp³-hybridized carbons (Fsp3) is 1.00. The van der Waals surface area contributed by atoms with Gasteiger partial charge in [0.2, 0.25) is 0 Å². The minimum Gasteiger partial charge on any atom is -0.374 e. The molecule has 0 aliphatic carbocycles. The van der Waals surface area contributed by atoms with Crippen LogP contribution in [0.25, 0.3) is 0 Å². The van der Waals surface area contributed by atoms with Gasteiger partial charge in [-0.05, 0) is 32.4 Å². The summed E-state index contributed by atoms with van der Waals surface area (Å²) in [4.78, 5) is 2.34. The first-order valence-corrected chi connectivity index (χ1v) is 7.60. The molecule has 0 spiro atoms. The number of hydrogen-bond acceptors (Lipinski definition) is 3. The van der Waals surface area contributed by atoms with E-state index in [1.165, 1.54) is 0 Å². The summed E-state index contributed by atoms with van der Waals surface area (Å²) >= 11 is 0. The maximum absolute atomic E-state index is 12.2. The van der Waals surface area contributed by atoms with Crippen LogP contribution in [0.5, 0.6) is 0 Å². The molecule has 2 atom stereocenters. The van der Waals surface area contributed by atoms with Crippen molar-refractivity contribution in [2.75, 3.05) is 32.8 Å². The highest BCUT2D eigenvalue weighted by atomic mass is 19.4. The molecule has 1 aliphatic heterocycles. The molecule has 0 aromatic carbocycles. The Labute approximate surface area is 119 Å². The first kappa shape index (κ1) is 17.7. The van der Waals surface area contributed by atoms with Crippen LogP contribution in [0, 0.1) is 0 Å². The van der Waals surface area contributed by atoms with E-state index in [0.29, 0.717) is 13.0 Å². The van der Waals surface area contributed by atoms with E-state index in [1.807, 2.05) is 6.92 Å². The third-order valence-corrected chi connectivity index (χ3v) is 3.61. The average molecular weight is 296 g/mol. The standard InChI is InChI=1S/C14H27F3N2O/c1-3-8-19-9-10-20-13(11-19)12(18-4-2)6-5-7-14(15,16)17/h12-13,18H,3-11H2,1-2H3. The van der Waals surface area contributed by atoms with Crippen LogP contribution in [0.3, 0.4) is 0 Å². The Morgan fingerprint density at radius 1 is 1.35 bits per heavy atom. The third kappa shape index (κ3) is 6.90. The van der Waals surface area contributed by atoms with Crippen LogP contribution in [-0.4, -0.2) is 56.0 Å². The Hall–Kier alpha value is -0.330. The van der Waals surface area contributed by atoms with Crippen LogP contribution < -0.4 is 5.32 Å². The quantitative estimate of drug-likeness (QED) is 0.745. The molecule has 120 valence electrons. The van der Waals surface area contributed by atoms with Gasteiger partial charge in [0.25, 0.3) is 0 Å². The number of alkyl halides is 3. The molecule has 0 saturated carbocycles. The maximum Gasteiger partial charge on any atom is 0.389 e. The number of morpholine rings is 1. The molecule has 1 heterocycles. The van der Waals surface area contributed by atoms with E-state index >= 15 is 0 Å². The number of likely N-dealkylation sites (N-methyl/N-ethyl adjacent to an activating group) is 1. The molecule has 20 heavy (non-hydrogen) atoms. The second kappa shape index (κ2) is 8.85. The highest BCUT2D eigenvalue weighted by molar-refractivity contribution is 4.83. The fourth-order valence-electron chi connectivity index (χ4n) is 2.70. The van der Waals surface area contributed by atoms with E-state index in [2.05, 4.69) is 17.1 Å². The Bertz CT molecular complexity index is 259. The SMILES string of the molecule is CCCN1CCOC(C(CCCC(F)(F)F)NCC)C1. The Kier molecular flexibility index (Phi) is 7.84. The van der Waals surface area contributed by atoms with Gasteiger partial charge in [-0.2, -0.15) is 13.2 Å². The zero-order valence-electron chi connectivity index (χ0n) is 12.5. The van der Waals surface area contributed by atoms with Crippen LogP contribution >= 0.6 is 0 Å². The number of rotatable bonds is 8. The summed E-state index contributed by atoms with van der Waals surface area (Å²) in [5.74, 6) is 0. The highest BCUT2D eigenvalue weighted by Crippen LogP contribution is 2.24. The zero-order chi connectivity index (χ0) is 15.0. The Morgan fingerprint density at radius 3 is 2.70 bits per heavy atom. The minimum absolute atomic E-state index is 0.00323. The zero-order valence-corrected chi connectivity index (χ0v) is 12.5. The van der Waals surface area contributed by atoms with Gasteiger partial charge in [-0.1, -0.05) is 13.8 Å². The molecule has 1 rings (SSSR count).